The molecule has 0 bridgehead atoms. The Hall–Kier alpha value is -2.38. The van der Waals surface area contributed by atoms with E-state index >= 15 is 0 Å². The lowest BCUT2D eigenvalue weighted by Crippen LogP contribution is -2.34. The van der Waals surface area contributed by atoms with Crippen molar-refractivity contribution in [2.24, 2.45) is 0 Å². The van der Waals surface area contributed by atoms with Crippen LogP contribution in [0.25, 0.3) is 0 Å². The molecule has 0 saturated carbocycles. The average molecular weight is 388 g/mol. The summed E-state index contributed by atoms with van der Waals surface area (Å²) < 4.78 is 33.0. The Bertz CT molecular complexity index is 923. The number of benzene rings is 2. The number of fused-ring (bicyclic) bond motifs is 1. The fourth-order valence-corrected chi connectivity index (χ4v) is 4.26. The first-order chi connectivity index (χ1) is 12.9. The zero-order chi connectivity index (χ0) is 19.4. The summed E-state index contributed by atoms with van der Waals surface area (Å²) in [6.45, 7) is 2.98. The van der Waals surface area contributed by atoms with E-state index in [4.69, 9.17) is 4.74 Å². The molecule has 1 heterocycles. The van der Waals surface area contributed by atoms with Crippen LogP contribution in [0.15, 0.2) is 47.4 Å². The Morgan fingerprint density at radius 1 is 1.15 bits per heavy atom. The number of hydrogen-bond acceptors (Lipinski definition) is 4. The Labute approximate surface area is 160 Å². The van der Waals surface area contributed by atoms with Crippen LogP contribution in [0, 0.1) is 0 Å². The van der Waals surface area contributed by atoms with Gasteiger partial charge in [0.05, 0.1) is 12.0 Å². The summed E-state index contributed by atoms with van der Waals surface area (Å²) in [4.78, 5) is 13.6. The number of sulfonamides is 1. The molecule has 0 saturated heterocycles. The van der Waals surface area contributed by atoms with E-state index in [1.54, 1.807) is 24.1 Å². The second-order valence-corrected chi connectivity index (χ2v) is 8.38. The van der Waals surface area contributed by atoms with Crippen molar-refractivity contribution in [2.45, 2.75) is 31.2 Å². The van der Waals surface area contributed by atoms with Crippen molar-refractivity contribution in [1.82, 2.24) is 9.62 Å². The van der Waals surface area contributed by atoms with E-state index in [9.17, 15) is 13.2 Å². The normalized spacial score (nSPS) is 13.9. The molecule has 144 valence electrons. The van der Waals surface area contributed by atoms with Crippen LogP contribution in [-0.2, 0) is 34.2 Å². The van der Waals surface area contributed by atoms with E-state index in [1.807, 2.05) is 30.3 Å². The molecular weight excluding hydrogens is 364 g/mol. The highest BCUT2D eigenvalue weighted by atomic mass is 32.2. The lowest BCUT2D eigenvalue weighted by molar-refractivity contribution is -0.129. The van der Waals surface area contributed by atoms with Crippen molar-refractivity contribution in [1.29, 1.82) is 0 Å². The molecule has 1 aliphatic heterocycles. The fourth-order valence-electron chi connectivity index (χ4n) is 3.17. The Morgan fingerprint density at radius 3 is 2.56 bits per heavy atom. The molecule has 0 radical (unpaired) electrons. The van der Waals surface area contributed by atoms with E-state index in [1.165, 1.54) is 6.92 Å². The third-order valence-corrected chi connectivity index (χ3v) is 6.27. The van der Waals surface area contributed by atoms with Crippen LogP contribution >= 0.6 is 0 Å². The van der Waals surface area contributed by atoms with Crippen LogP contribution in [-0.4, -0.2) is 39.4 Å². The van der Waals surface area contributed by atoms with Crippen LogP contribution < -0.4 is 9.46 Å². The van der Waals surface area contributed by atoms with E-state index in [0.717, 1.165) is 28.9 Å². The lowest BCUT2D eigenvalue weighted by Gasteiger charge is -2.28. The van der Waals surface area contributed by atoms with Crippen LogP contribution in [0.2, 0.25) is 0 Å². The Morgan fingerprint density at radius 2 is 1.89 bits per heavy atom. The summed E-state index contributed by atoms with van der Waals surface area (Å²) in [6, 6.07) is 12.7. The van der Waals surface area contributed by atoms with Crippen molar-refractivity contribution < 1.29 is 17.9 Å². The predicted molar refractivity (Wildman–Crippen MR) is 103 cm³/mol. The van der Waals surface area contributed by atoms with Crippen molar-refractivity contribution in [3.63, 3.8) is 0 Å². The molecule has 3 rings (SSSR count). The van der Waals surface area contributed by atoms with E-state index in [2.05, 4.69) is 4.72 Å². The van der Waals surface area contributed by atoms with E-state index < -0.39 is 10.0 Å². The third kappa shape index (κ3) is 4.67. The summed E-state index contributed by atoms with van der Waals surface area (Å²) in [6.07, 6.45) is 1.34. The number of ether oxygens (including phenoxy) is 1. The quantitative estimate of drug-likeness (QED) is 0.823. The minimum atomic E-state index is -3.59. The second kappa shape index (κ2) is 8.10. The molecule has 7 heteroatoms. The first kappa shape index (κ1) is 19.4. The SMILES string of the molecule is COc1ccc(CCNS(=O)(=O)c2ccc3c(c2)CN(C(C)=O)CC3)cc1. The fraction of sp³-hybridized carbons (Fsp3) is 0.350. The lowest BCUT2D eigenvalue weighted by atomic mass is 10.00. The highest BCUT2D eigenvalue weighted by Crippen LogP contribution is 2.22. The number of nitrogens with one attached hydrogen (secondary N) is 1. The van der Waals surface area contributed by atoms with Crippen molar-refractivity contribution >= 4 is 15.9 Å². The first-order valence-electron chi connectivity index (χ1n) is 8.89. The van der Waals surface area contributed by atoms with Gasteiger partial charge in [0, 0.05) is 26.6 Å². The van der Waals surface area contributed by atoms with Gasteiger partial charge in [-0.05, 0) is 53.8 Å². The third-order valence-electron chi connectivity index (χ3n) is 4.81. The monoisotopic (exact) mass is 388 g/mol. The van der Waals surface area contributed by atoms with Gasteiger partial charge in [-0.3, -0.25) is 4.79 Å². The minimum Gasteiger partial charge on any atom is -0.497 e. The Kier molecular flexibility index (Phi) is 5.82. The van der Waals surface area contributed by atoms with Crippen LogP contribution in [0.4, 0.5) is 0 Å². The van der Waals surface area contributed by atoms with Gasteiger partial charge in [0.2, 0.25) is 15.9 Å². The highest BCUT2D eigenvalue weighted by Gasteiger charge is 2.21. The van der Waals surface area contributed by atoms with E-state index in [0.29, 0.717) is 26.1 Å². The van der Waals surface area contributed by atoms with Gasteiger partial charge >= 0.3 is 0 Å². The number of amides is 1. The summed E-state index contributed by atoms with van der Waals surface area (Å²) in [5.41, 5.74) is 3.03. The van der Waals surface area contributed by atoms with E-state index in [-0.39, 0.29) is 10.8 Å². The van der Waals surface area contributed by atoms with Gasteiger partial charge in [0.1, 0.15) is 5.75 Å². The number of rotatable bonds is 6. The first-order valence-corrected chi connectivity index (χ1v) is 10.4. The molecule has 6 nitrogen and oxygen atoms in total. The van der Waals surface area contributed by atoms with Crippen LogP contribution in [0.3, 0.4) is 0 Å². The minimum absolute atomic E-state index is 0.00604. The van der Waals surface area contributed by atoms with Crippen LogP contribution in [0.1, 0.15) is 23.6 Å². The maximum atomic E-state index is 12.6. The van der Waals surface area contributed by atoms with Crippen LogP contribution in [0.5, 0.6) is 5.75 Å². The zero-order valence-corrected chi connectivity index (χ0v) is 16.4. The molecule has 1 amide bonds. The molecule has 0 aromatic heterocycles. The summed E-state index contributed by atoms with van der Waals surface area (Å²) in [7, 11) is -1.98. The molecule has 0 aliphatic carbocycles. The van der Waals surface area contributed by atoms with Crippen molar-refractivity contribution in [3.8, 4) is 5.75 Å². The van der Waals surface area contributed by atoms with Gasteiger partial charge in [-0.1, -0.05) is 18.2 Å². The topological polar surface area (TPSA) is 75.7 Å². The highest BCUT2D eigenvalue weighted by molar-refractivity contribution is 7.89. The second-order valence-electron chi connectivity index (χ2n) is 6.62. The molecular formula is C20H24N2O4S. The predicted octanol–water partition coefficient (Wildman–Crippen LogP) is 2.12. The van der Waals surface area contributed by atoms with Gasteiger partial charge in [0.15, 0.2) is 0 Å². The molecule has 0 spiro atoms. The maximum Gasteiger partial charge on any atom is 0.240 e. The average Bonchev–Trinajstić information content (AvgIpc) is 2.67. The Balaban J connectivity index is 1.66. The zero-order valence-electron chi connectivity index (χ0n) is 15.6. The summed E-state index contributed by atoms with van der Waals surface area (Å²) in [5, 5.41) is 0. The smallest absolute Gasteiger partial charge is 0.240 e. The van der Waals surface area contributed by atoms with Crippen molar-refractivity contribution in [3.05, 3.63) is 59.2 Å². The summed E-state index contributed by atoms with van der Waals surface area (Å²) in [5.74, 6) is 0.777. The molecule has 0 unspecified atom stereocenters. The number of methoxy groups -OCH3 is 1. The van der Waals surface area contributed by atoms with Gasteiger partial charge < -0.3 is 9.64 Å². The summed E-state index contributed by atoms with van der Waals surface area (Å²) >= 11 is 0. The molecule has 2 aromatic rings. The van der Waals surface area contributed by atoms with Gasteiger partial charge in [-0.25, -0.2) is 13.1 Å². The molecule has 0 fully saturated rings. The molecule has 1 aliphatic rings. The number of carbonyl (C=O) groups excluding carboxylic acids is 1. The standard InChI is InChI=1S/C20H24N2O4S/c1-15(23)22-12-10-17-5-8-20(13-18(17)14-22)27(24,25)21-11-9-16-3-6-19(26-2)7-4-16/h3-8,13,21H,9-12,14H2,1-2H3. The molecule has 0 atom stereocenters. The van der Waals surface area contributed by atoms with Gasteiger partial charge in [-0.15, -0.1) is 0 Å². The molecule has 1 N–H and O–H groups in total. The maximum absolute atomic E-state index is 12.6. The largest absolute Gasteiger partial charge is 0.497 e. The number of carbonyl (C=O) groups is 1. The van der Waals surface area contributed by atoms with Gasteiger partial charge in [-0.2, -0.15) is 0 Å². The molecule has 27 heavy (non-hydrogen) atoms. The van der Waals surface area contributed by atoms with Gasteiger partial charge in [0.25, 0.3) is 0 Å². The van der Waals surface area contributed by atoms with Crippen molar-refractivity contribution in [2.75, 3.05) is 20.2 Å². The number of nitrogens with zero attached hydrogens (tertiary/aromatic N) is 1. The molecule has 2 aromatic carbocycles. The number of hydrogen-bond donors (Lipinski definition) is 1.